The fraction of sp³-hybridized carbons (Fsp3) is 1.00. The molecule has 1 fully saturated rings. The van der Waals surface area contributed by atoms with Gasteiger partial charge in [0.05, 0.1) is 12.7 Å². The lowest BCUT2D eigenvalue weighted by Gasteiger charge is -2.36. The van der Waals surface area contributed by atoms with E-state index in [-0.39, 0.29) is 12.7 Å². The molecule has 1 rings (SSSR count). The second-order valence-electron chi connectivity index (χ2n) is 3.47. The van der Waals surface area contributed by atoms with E-state index in [0.29, 0.717) is 6.42 Å². The zero-order chi connectivity index (χ0) is 9.03. The predicted octanol–water partition coefficient (Wildman–Crippen LogP) is 1.39. The summed E-state index contributed by atoms with van der Waals surface area (Å²) in [6.07, 6.45) is 3.51. The van der Waals surface area contributed by atoms with Gasteiger partial charge in [0.1, 0.15) is 0 Å². The molecular formula is C9H17O3. The van der Waals surface area contributed by atoms with Gasteiger partial charge in [0.2, 0.25) is 0 Å². The van der Waals surface area contributed by atoms with Crippen molar-refractivity contribution in [3.63, 3.8) is 0 Å². The Morgan fingerprint density at radius 3 is 2.75 bits per heavy atom. The van der Waals surface area contributed by atoms with E-state index in [2.05, 4.69) is 0 Å². The van der Waals surface area contributed by atoms with Crippen molar-refractivity contribution in [3.05, 3.63) is 0 Å². The Hall–Kier alpha value is -0.120. The number of hydrogen-bond acceptors (Lipinski definition) is 2. The maximum atomic E-state index is 12.0. The fourth-order valence-electron chi connectivity index (χ4n) is 1.92. The van der Waals surface area contributed by atoms with Crippen molar-refractivity contribution in [2.45, 2.75) is 37.4 Å². The molecule has 0 amide bonds. The molecule has 0 aromatic rings. The third-order valence-electron chi connectivity index (χ3n) is 2.58. The molecule has 1 saturated carbocycles. The summed E-state index contributed by atoms with van der Waals surface area (Å²) in [5, 5.41) is 12.0. The van der Waals surface area contributed by atoms with Crippen LogP contribution in [-0.4, -0.2) is 32.5 Å². The highest BCUT2D eigenvalue weighted by Gasteiger charge is 2.41. The van der Waals surface area contributed by atoms with E-state index in [1.807, 2.05) is 0 Å². The maximum Gasteiger partial charge on any atom is 0.153 e. The van der Waals surface area contributed by atoms with Gasteiger partial charge in [-0.05, 0) is 12.8 Å². The van der Waals surface area contributed by atoms with Crippen LogP contribution in [0.25, 0.3) is 0 Å². The summed E-state index contributed by atoms with van der Waals surface area (Å²) >= 11 is 0. The summed E-state index contributed by atoms with van der Waals surface area (Å²) in [4.78, 5) is 0. The molecule has 3 nitrogen and oxygen atoms in total. The summed E-state index contributed by atoms with van der Waals surface area (Å²) in [5.41, 5.74) is -0.998. The lowest BCUT2D eigenvalue weighted by Crippen LogP contribution is -2.48. The molecule has 2 unspecified atom stereocenters. The van der Waals surface area contributed by atoms with Crippen LogP contribution in [0.2, 0.25) is 0 Å². The summed E-state index contributed by atoms with van der Waals surface area (Å²) in [6, 6.07) is 0. The zero-order valence-corrected chi connectivity index (χ0v) is 7.84. The van der Waals surface area contributed by atoms with Crippen LogP contribution in [0.3, 0.4) is 0 Å². The van der Waals surface area contributed by atoms with E-state index >= 15 is 0 Å². The maximum absolute atomic E-state index is 12.0. The minimum Gasteiger partial charge on any atom is -0.381 e. The molecule has 0 bridgehead atoms. The summed E-state index contributed by atoms with van der Waals surface area (Å²) in [7, 11) is 3.18. The largest absolute Gasteiger partial charge is 0.381 e. The van der Waals surface area contributed by atoms with E-state index in [1.54, 1.807) is 14.2 Å². The van der Waals surface area contributed by atoms with Crippen molar-refractivity contribution in [3.8, 4) is 0 Å². The van der Waals surface area contributed by atoms with Crippen molar-refractivity contribution < 1.29 is 14.6 Å². The topological polar surface area (TPSA) is 38.4 Å². The Bertz CT molecular complexity index is 134. The highest BCUT2D eigenvalue weighted by Crippen LogP contribution is 2.31. The zero-order valence-electron chi connectivity index (χ0n) is 7.84. The molecule has 71 valence electrons. The van der Waals surface area contributed by atoms with Gasteiger partial charge in [-0.2, -0.15) is 0 Å². The lowest BCUT2D eigenvalue weighted by molar-refractivity contribution is -0.179. The highest BCUT2D eigenvalue weighted by molar-refractivity contribution is 4.90. The van der Waals surface area contributed by atoms with Gasteiger partial charge < -0.3 is 9.47 Å². The SMILES string of the molecule is COCC1([O])CCCCC1OC. The molecule has 0 heterocycles. The van der Waals surface area contributed by atoms with Gasteiger partial charge in [-0.25, -0.2) is 5.11 Å². The van der Waals surface area contributed by atoms with Gasteiger partial charge in [0.25, 0.3) is 0 Å². The normalized spacial score (nSPS) is 36.8. The molecule has 2 atom stereocenters. The Morgan fingerprint density at radius 1 is 1.42 bits per heavy atom. The van der Waals surface area contributed by atoms with Gasteiger partial charge in [-0.1, -0.05) is 12.8 Å². The monoisotopic (exact) mass is 173 g/mol. The number of ether oxygens (including phenoxy) is 2. The predicted molar refractivity (Wildman–Crippen MR) is 44.6 cm³/mol. The minimum atomic E-state index is -0.998. The molecule has 1 aliphatic rings. The van der Waals surface area contributed by atoms with Crippen LogP contribution >= 0.6 is 0 Å². The van der Waals surface area contributed by atoms with Crippen LogP contribution < -0.4 is 0 Å². The number of hydrogen-bond donors (Lipinski definition) is 0. The van der Waals surface area contributed by atoms with Crippen molar-refractivity contribution >= 4 is 0 Å². The summed E-state index contributed by atoms with van der Waals surface area (Å²) in [5.74, 6) is 0. The van der Waals surface area contributed by atoms with Crippen LogP contribution in [0.15, 0.2) is 0 Å². The summed E-state index contributed by atoms with van der Waals surface area (Å²) in [6.45, 7) is 0.269. The van der Waals surface area contributed by atoms with E-state index in [0.717, 1.165) is 19.3 Å². The van der Waals surface area contributed by atoms with Gasteiger partial charge >= 0.3 is 0 Å². The molecule has 1 radical (unpaired) electrons. The summed E-state index contributed by atoms with van der Waals surface area (Å²) < 4.78 is 10.1. The van der Waals surface area contributed by atoms with Crippen molar-refractivity contribution in [1.82, 2.24) is 0 Å². The van der Waals surface area contributed by atoms with Crippen LogP contribution in [0.4, 0.5) is 0 Å². The van der Waals surface area contributed by atoms with Crippen LogP contribution in [0, 0.1) is 0 Å². The molecule has 0 N–H and O–H groups in total. The second-order valence-corrected chi connectivity index (χ2v) is 3.47. The van der Waals surface area contributed by atoms with Crippen LogP contribution in [0.5, 0.6) is 0 Å². The molecule has 0 saturated heterocycles. The molecule has 0 aromatic heterocycles. The number of methoxy groups -OCH3 is 2. The molecular weight excluding hydrogens is 156 g/mol. The van der Waals surface area contributed by atoms with Crippen molar-refractivity contribution in [2.24, 2.45) is 0 Å². The molecule has 0 spiro atoms. The molecule has 3 heteroatoms. The van der Waals surface area contributed by atoms with E-state index < -0.39 is 5.60 Å². The van der Waals surface area contributed by atoms with Gasteiger partial charge in [0.15, 0.2) is 5.60 Å². The third kappa shape index (κ3) is 1.97. The van der Waals surface area contributed by atoms with Gasteiger partial charge in [-0.3, -0.25) is 0 Å². The molecule has 1 aliphatic carbocycles. The Balaban J connectivity index is 2.55. The first-order valence-corrected chi connectivity index (χ1v) is 4.45. The average molecular weight is 173 g/mol. The van der Waals surface area contributed by atoms with Crippen LogP contribution in [-0.2, 0) is 14.6 Å². The van der Waals surface area contributed by atoms with E-state index in [4.69, 9.17) is 9.47 Å². The molecule has 12 heavy (non-hydrogen) atoms. The Morgan fingerprint density at radius 2 is 2.17 bits per heavy atom. The molecule has 0 aliphatic heterocycles. The van der Waals surface area contributed by atoms with Gasteiger partial charge in [0, 0.05) is 14.2 Å². The van der Waals surface area contributed by atoms with Crippen molar-refractivity contribution in [1.29, 1.82) is 0 Å². The first-order chi connectivity index (χ1) is 5.73. The Labute approximate surface area is 73.7 Å². The molecule has 0 aromatic carbocycles. The lowest BCUT2D eigenvalue weighted by atomic mass is 9.83. The van der Waals surface area contributed by atoms with Crippen LogP contribution in [0.1, 0.15) is 25.7 Å². The smallest absolute Gasteiger partial charge is 0.153 e. The van der Waals surface area contributed by atoms with E-state index in [9.17, 15) is 5.11 Å². The van der Waals surface area contributed by atoms with E-state index in [1.165, 1.54) is 0 Å². The third-order valence-corrected chi connectivity index (χ3v) is 2.58. The Kier molecular flexibility index (Phi) is 3.50. The minimum absolute atomic E-state index is 0.161. The fourth-order valence-corrected chi connectivity index (χ4v) is 1.92. The number of rotatable bonds is 3. The van der Waals surface area contributed by atoms with Crippen molar-refractivity contribution in [2.75, 3.05) is 20.8 Å². The first kappa shape index (κ1) is 9.96. The average Bonchev–Trinajstić information content (AvgIpc) is 2.05. The first-order valence-electron chi connectivity index (χ1n) is 4.45. The highest BCUT2D eigenvalue weighted by atomic mass is 16.5. The standard InChI is InChI=1S/C9H17O3/c1-11-7-9(10)6-4-3-5-8(9)12-2/h8H,3-7H2,1-2H3. The second kappa shape index (κ2) is 4.21. The van der Waals surface area contributed by atoms with Gasteiger partial charge in [-0.15, -0.1) is 0 Å². The quantitative estimate of drug-likeness (QED) is 0.647.